The van der Waals surface area contributed by atoms with Crippen molar-refractivity contribution >= 4 is 11.9 Å². The first kappa shape index (κ1) is 15.2. The maximum Gasteiger partial charge on any atom is 0.291 e. The molecular weight excluding hydrogens is 272 g/mol. The van der Waals surface area contributed by atoms with Crippen molar-refractivity contribution in [2.24, 2.45) is 10.9 Å². The van der Waals surface area contributed by atoms with Crippen LogP contribution in [0.5, 0.6) is 11.5 Å². The average Bonchev–Trinajstić information content (AvgIpc) is 2.93. The Bertz CT molecular complexity index is 555. The molecule has 114 valence electrons. The minimum Gasteiger partial charge on any atom is -0.468 e. The molecule has 1 heterocycles. The molecule has 1 N–H and O–H groups in total. The van der Waals surface area contributed by atoms with Crippen molar-refractivity contribution in [3.05, 3.63) is 23.8 Å². The highest BCUT2D eigenvalue weighted by molar-refractivity contribution is 6.04. The molecule has 21 heavy (non-hydrogen) atoms. The first-order chi connectivity index (χ1) is 10.0. The quantitative estimate of drug-likeness (QED) is 0.685. The van der Waals surface area contributed by atoms with Crippen molar-refractivity contribution in [2.45, 2.75) is 26.8 Å². The number of nitrogens with zero attached hydrogens (tertiary/aromatic N) is 1. The first-order valence-corrected chi connectivity index (χ1v) is 6.84. The van der Waals surface area contributed by atoms with Crippen LogP contribution in [0.2, 0.25) is 0 Å². The molecule has 1 amide bonds. The smallest absolute Gasteiger partial charge is 0.291 e. The van der Waals surface area contributed by atoms with Crippen LogP contribution in [0.1, 0.15) is 31.1 Å². The minimum atomic E-state index is -0.301. The fraction of sp³-hybridized carbons (Fsp3) is 0.467. The summed E-state index contributed by atoms with van der Waals surface area (Å²) < 4.78 is 15.6. The number of aliphatic imine (C=N–C) groups is 1. The topological polar surface area (TPSA) is 69.2 Å². The van der Waals surface area contributed by atoms with Gasteiger partial charge in [-0.05, 0) is 31.0 Å². The number of nitrogens with one attached hydrogen (secondary N) is 1. The largest absolute Gasteiger partial charge is 0.468 e. The molecule has 0 radical (unpaired) electrons. The Hall–Kier alpha value is -2.24. The molecule has 1 aliphatic heterocycles. The zero-order valence-electron chi connectivity index (χ0n) is 12.7. The summed E-state index contributed by atoms with van der Waals surface area (Å²) in [4.78, 5) is 16.5. The van der Waals surface area contributed by atoms with E-state index in [1.54, 1.807) is 18.2 Å². The first-order valence-electron chi connectivity index (χ1n) is 6.84. The van der Waals surface area contributed by atoms with E-state index in [0.717, 1.165) is 0 Å². The van der Waals surface area contributed by atoms with E-state index < -0.39 is 0 Å². The fourth-order valence-electron chi connectivity index (χ4n) is 1.68. The predicted molar refractivity (Wildman–Crippen MR) is 78.8 cm³/mol. The highest BCUT2D eigenvalue weighted by Crippen LogP contribution is 2.32. The molecule has 0 bridgehead atoms. The van der Waals surface area contributed by atoms with Crippen molar-refractivity contribution in [2.75, 3.05) is 13.9 Å². The van der Waals surface area contributed by atoms with Gasteiger partial charge in [0, 0.05) is 5.56 Å². The maximum atomic E-state index is 12.2. The summed E-state index contributed by atoms with van der Waals surface area (Å²) in [6, 6.07) is 5.27. The summed E-state index contributed by atoms with van der Waals surface area (Å²) in [5, 5.41) is 2.65. The summed E-state index contributed by atoms with van der Waals surface area (Å²) in [7, 11) is 1.48. The molecule has 0 unspecified atom stereocenters. The zero-order valence-corrected chi connectivity index (χ0v) is 12.7. The number of methoxy groups -OCH3 is 1. The van der Waals surface area contributed by atoms with Gasteiger partial charge in [0.2, 0.25) is 6.79 Å². The van der Waals surface area contributed by atoms with E-state index >= 15 is 0 Å². The number of amidine groups is 1. The second kappa shape index (κ2) is 6.47. The number of amides is 1. The highest BCUT2D eigenvalue weighted by atomic mass is 16.7. The number of hydrogen-bond acceptors (Lipinski definition) is 5. The Morgan fingerprint density at radius 3 is 2.67 bits per heavy atom. The van der Waals surface area contributed by atoms with Crippen LogP contribution in [0, 0.1) is 5.92 Å². The van der Waals surface area contributed by atoms with Crippen LogP contribution in [0.25, 0.3) is 0 Å². The zero-order chi connectivity index (χ0) is 15.4. The normalized spacial score (nSPS) is 15.0. The van der Waals surface area contributed by atoms with E-state index in [2.05, 4.69) is 24.2 Å². The lowest BCUT2D eigenvalue weighted by atomic mass is 10.1. The average molecular weight is 292 g/mol. The molecule has 6 nitrogen and oxygen atoms in total. The van der Waals surface area contributed by atoms with Crippen LogP contribution in [0.15, 0.2) is 23.2 Å². The number of ether oxygens (including phenoxy) is 3. The van der Waals surface area contributed by atoms with E-state index in [0.29, 0.717) is 23.0 Å². The van der Waals surface area contributed by atoms with Crippen molar-refractivity contribution in [3.8, 4) is 11.5 Å². The lowest BCUT2D eigenvalue weighted by Gasteiger charge is -2.13. The third-order valence-electron chi connectivity index (χ3n) is 3.33. The summed E-state index contributed by atoms with van der Waals surface area (Å²) in [6.07, 6.45) is 0. The number of benzene rings is 1. The molecule has 0 aromatic heterocycles. The van der Waals surface area contributed by atoms with Gasteiger partial charge in [-0.3, -0.25) is 10.1 Å². The summed E-state index contributed by atoms with van der Waals surface area (Å²) >= 11 is 0. The second-order valence-electron chi connectivity index (χ2n) is 5.15. The van der Waals surface area contributed by atoms with Crippen LogP contribution in [0.4, 0.5) is 0 Å². The molecule has 1 aromatic carbocycles. The molecule has 1 atom stereocenters. The summed E-state index contributed by atoms with van der Waals surface area (Å²) in [5.41, 5.74) is 0.459. The molecule has 0 saturated carbocycles. The molecule has 1 aliphatic rings. The highest BCUT2D eigenvalue weighted by Gasteiger charge is 2.17. The Morgan fingerprint density at radius 1 is 1.29 bits per heavy atom. The van der Waals surface area contributed by atoms with Crippen LogP contribution < -0.4 is 14.8 Å². The van der Waals surface area contributed by atoms with Gasteiger partial charge in [-0.15, -0.1) is 0 Å². The van der Waals surface area contributed by atoms with Crippen LogP contribution in [0.3, 0.4) is 0 Å². The standard InChI is InChI=1S/C15H20N2O4/c1-9(2)10(3)16-15(19-4)17-14(18)11-5-6-12-13(7-11)21-8-20-12/h5-7,9-10H,8H2,1-4H3,(H,16,17,18)/t10-/m0/s1. The fourth-order valence-corrected chi connectivity index (χ4v) is 1.68. The summed E-state index contributed by atoms with van der Waals surface area (Å²) in [5.74, 6) is 1.26. The molecule has 0 spiro atoms. The van der Waals surface area contributed by atoms with Crippen molar-refractivity contribution < 1.29 is 19.0 Å². The van der Waals surface area contributed by atoms with Gasteiger partial charge in [0.1, 0.15) is 0 Å². The Morgan fingerprint density at radius 2 is 2.00 bits per heavy atom. The Labute approximate surface area is 124 Å². The Kier molecular flexibility index (Phi) is 4.67. The second-order valence-corrected chi connectivity index (χ2v) is 5.15. The van der Waals surface area contributed by atoms with E-state index in [4.69, 9.17) is 14.2 Å². The summed E-state index contributed by atoms with van der Waals surface area (Å²) in [6.45, 7) is 6.26. The van der Waals surface area contributed by atoms with Crippen LogP contribution >= 0.6 is 0 Å². The van der Waals surface area contributed by atoms with E-state index in [9.17, 15) is 4.79 Å². The molecule has 1 aromatic rings. The van der Waals surface area contributed by atoms with Crippen molar-refractivity contribution in [3.63, 3.8) is 0 Å². The van der Waals surface area contributed by atoms with Crippen LogP contribution in [-0.4, -0.2) is 31.9 Å². The van der Waals surface area contributed by atoms with Gasteiger partial charge in [-0.25, -0.2) is 4.99 Å². The van der Waals surface area contributed by atoms with E-state index in [-0.39, 0.29) is 24.8 Å². The third kappa shape index (κ3) is 3.65. The molecule has 0 aliphatic carbocycles. The molecule has 0 saturated heterocycles. The predicted octanol–water partition coefficient (Wildman–Crippen LogP) is 2.19. The lowest BCUT2D eigenvalue weighted by molar-refractivity contribution is 0.0967. The third-order valence-corrected chi connectivity index (χ3v) is 3.33. The number of rotatable bonds is 3. The van der Waals surface area contributed by atoms with Gasteiger partial charge in [-0.1, -0.05) is 13.8 Å². The van der Waals surface area contributed by atoms with E-state index in [1.807, 2.05) is 6.92 Å². The SMILES string of the molecule is COC(=N[C@@H](C)C(C)C)NC(=O)c1ccc2c(c1)OCO2. The number of carbonyl (C=O) groups excluding carboxylic acids is 1. The van der Waals surface area contributed by atoms with Gasteiger partial charge >= 0.3 is 0 Å². The monoisotopic (exact) mass is 292 g/mol. The van der Waals surface area contributed by atoms with Gasteiger partial charge in [-0.2, -0.15) is 0 Å². The van der Waals surface area contributed by atoms with Crippen molar-refractivity contribution in [1.82, 2.24) is 5.32 Å². The maximum absolute atomic E-state index is 12.2. The van der Waals surface area contributed by atoms with Gasteiger partial charge < -0.3 is 14.2 Å². The van der Waals surface area contributed by atoms with Crippen molar-refractivity contribution in [1.29, 1.82) is 0 Å². The van der Waals surface area contributed by atoms with Gasteiger partial charge in [0.15, 0.2) is 11.5 Å². The minimum absolute atomic E-state index is 0.0528. The van der Waals surface area contributed by atoms with E-state index in [1.165, 1.54) is 7.11 Å². The molecular formula is C15H20N2O4. The molecule has 6 heteroatoms. The number of carbonyl (C=O) groups is 1. The molecule has 2 rings (SSSR count). The van der Waals surface area contributed by atoms with Crippen LogP contribution in [-0.2, 0) is 4.74 Å². The number of fused-ring (bicyclic) bond motifs is 1. The Balaban J connectivity index is 2.09. The van der Waals surface area contributed by atoms with Gasteiger partial charge in [0.25, 0.3) is 11.9 Å². The van der Waals surface area contributed by atoms with Gasteiger partial charge in [0.05, 0.1) is 13.2 Å². The lowest BCUT2D eigenvalue weighted by Crippen LogP contribution is -2.33. The number of hydrogen-bond donors (Lipinski definition) is 1. The molecule has 0 fully saturated rings.